The van der Waals surface area contributed by atoms with Crippen LogP contribution in [0.3, 0.4) is 0 Å². The standard InChI is InChI=1S/C28H46N8O3.C2HF3O2/c1-28(2,3)22(26(39)35-21(24(31)37)10-7-15-34-27(32)33)36-25(38)20(18-8-5-4-6-9-18)16-17-11-13-19(14-12-17)23(29)30;3-2(4,5)1(6)7/h11-14,18,20-22H,4-10,15-16H2,1-3H3,(H3,29,30)(H2,31,37)(H,35,39)(H,36,38)(H4,32,33,34);(H,6,7)/t20-,21+,22-;/m1./s1. The molecular weight excluding hydrogens is 609 g/mol. The van der Waals surface area contributed by atoms with Gasteiger partial charge in [0.25, 0.3) is 0 Å². The van der Waals surface area contributed by atoms with E-state index in [9.17, 15) is 27.6 Å². The van der Waals surface area contributed by atoms with Crippen LogP contribution in [0.4, 0.5) is 13.2 Å². The SMILES string of the molecule is CC(C)(C)[C@H](NC(=O)[C@H](Cc1ccc(C(=N)N)cc1)C1CCCCC1)C(=O)N[C@@H](CCCN=C(N)N)C(N)=O.O=C(O)C(F)(F)F. The lowest BCUT2D eigenvalue weighted by Gasteiger charge is -2.35. The number of halogens is 3. The number of amidine groups is 1. The first-order valence-corrected chi connectivity index (χ1v) is 14.9. The van der Waals surface area contributed by atoms with Crippen molar-refractivity contribution in [1.82, 2.24) is 10.6 Å². The Bertz CT molecular complexity index is 1220. The van der Waals surface area contributed by atoms with Crippen LogP contribution in [0, 0.1) is 22.7 Å². The molecule has 0 heterocycles. The fraction of sp³-hybridized carbons (Fsp3) is 0.600. The minimum absolute atomic E-state index is 0.00680. The normalized spacial score (nSPS) is 15.6. The second kappa shape index (κ2) is 17.9. The number of rotatable bonds is 13. The minimum Gasteiger partial charge on any atom is -0.475 e. The number of amides is 3. The van der Waals surface area contributed by atoms with Crippen LogP contribution < -0.4 is 33.6 Å². The van der Waals surface area contributed by atoms with Crippen molar-refractivity contribution in [3.05, 3.63) is 35.4 Å². The molecule has 16 heteroatoms. The monoisotopic (exact) mass is 656 g/mol. The zero-order chi connectivity index (χ0) is 35.2. The maximum atomic E-state index is 13.8. The number of benzene rings is 1. The second-order valence-corrected chi connectivity index (χ2v) is 12.3. The molecule has 46 heavy (non-hydrogen) atoms. The third kappa shape index (κ3) is 14.2. The number of nitrogens with one attached hydrogen (secondary N) is 3. The Morgan fingerprint density at radius 2 is 1.50 bits per heavy atom. The average Bonchev–Trinajstić information content (AvgIpc) is 2.95. The lowest BCUT2D eigenvalue weighted by atomic mass is 9.76. The number of primary amides is 1. The molecule has 1 aromatic rings. The molecule has 1 fully saturated rings. The first-order chi connectivity index (χ1) is 21.2. The van der Waals surface area contributed by atoms with Crippen LogP contribution in [0.15, 0.2) is 29.3 Å². The summed E-state index contributed by atoms with van der Waals surface area (Å²) in [6.07, 6.45) is 1.35. The molecule has 12 N–H and O–H groups in total. The van der Waals surface area contributed by atoms with Crippen LogP contribution in [-0.4, -0.2) is 65.4 Å². The van der Waals surface area contributed by atoms with Gasteiger partial charge >= 0.3 is 12.1 Å². The van der Waals surface area contributed by atoms with Crippen molar-refractivity contribution in [3.63, 3.8) is 0 Å². The summed E-state index contributed by atoms with van der Waals surface area (Å²) in [5, 5.41) is 20.5. The quantitative estimate of drug-likeness (QED) is 0.0882. The predicted molar refractivity (Wildman–Crippen MR) is 167 cm³/mol. The van der Waals surface area contributed by atoms with E-state index in [-0.39, 0.29) is 36.0 Å². The summed E-state index contributed by atoms with van der Waals surface area (Å²) in [5.74, 6) is -4.25. The number of nitrogens with zero attached hydrogens (tertiary/aromatic N) is 1. The number of hydrogen-bond donors (Lipinski definition) is 8. The number of alkyl halides is 3. The van der Waals surface area contributed by atoms with Crippen molar-refractivity contribution < 1.29 is 37.5 Å². The van der Waals surface area contributed by atoms with Crippen molar-refractivity contribution in [1.29, 1.82) is 5.41 Å². The maximum absolute atomic E-state index is 13.8. The first kappa shape index (κ1) is 39.7. The number of aliphatic imine (C=N–C) groups is 1. The molecule has 1 aliphatic rings. The van der Waals surface area contributed by atoms with Crippen LogP contribution >= 0.6 is 0 Å². The number of carboxylic acids is 1. The van der Waals surface area contributed by atoms with Gasteiger partial charge in [-0.3, -0.25) is 24.8 Å². The minimum atomic E-state index is -5.08. The molecule has 0 aliphatic heterocycles. The first-order valence-electron chi connectivity index (χ1n) is 14.9. The molecule has 0 bridgehead atoms. The molecule has 1 aliphatic carbocycles. The van der Waals surface area contributed by atoms with Crippen LogP contribution in [0.1, 0.15) is 76.8 Å². The van der Waals surface area contributed by atoms with Gasteiger partial charge in [0.1, 0.15) is 17.9 Å². The van der Waals surface area contributed by atoms with E-state index in [1.807, 2.05) is 32.9 Å². The van der Waals surface area contributed by atoms with Crippen molar-refractivity contribution in [2.45, 2.75) is 90.4 Å². The number of aliphatic carboxylic acids is 1. The number of nitrogens with two attached hydrogens (primary N) is 4. The highest BCUT2D eigenvalue weighted by molar-refractivity contribution is 5.95. The average molecular weight is 657 g/mol. The molecule has 3 atom stereocenters. The predicted octanol–water partition coefficient (Wildman–Crippen LogP) is 1.90. The molecular formula is C30H47F3N8O5. The largest absolute Gasteiger partial charge is 0.490 e. The molecule has 258 valence electrons. The van der Waals surface area contributed by atoms with Crippen LogP contribution in [0.25, 0.3) is 0 Å². The highest BCUT2D eigenvalue weighted by Crippen LogP contribution is 2.33. The summed E-state index contributed by atoms with van der Waals surface area (Å²) >= 11 is 0. The van der Waals surface area contributed by atoms with Gasteiger partial charge in [-0.25, -0.2) is 4.79 Å². The highest BCUT2D eigenvalue weighted by atomic mass is 19.4. The number of hydrogen-bond acceptors (Lipinski definition) is 6. The Balaban J connectivity index is 0.00000135. The molecule has 0 spiro atoms. The number of guanidine groups is 1. The summed E-state index contributed by atoms with van der Waals surface area (Å²) in [7, 11) is 0. The third-order valence-electron chi connectivity index (χ3n) is 7.54. The Kier molecular flexibility index (Phi) is 15.5. The third-order valence-corrected chi connectivity index (χ3v) is 7.54. The van der Waals surface area contributed by atoms with E-state index >= 15 is 0 Å². The number of nitrogen functional groups attached to an aromatic ring is 1. The van der Waals surface area contributed by atoms with Crippen LogP contribution in [0.2, 0.25) is 0 Å². The van der Waals surface area contributed by atoms with E-state index in [0.717, 1.165) is 37.7 Å². The summed E-state index contributed by atoms with van der Waals surface area (Å²) in [6.45, 7) is 5.90. The van der Waals surface area contributed by atoms with Crippen LogP contribution in [0.5, 0.6) is 0 Å². The Hall–Kier alpha value is -4.37. The zero-order valence-corrected chi connectivity index (χ0v) is 26.5. The molecule has 1 aromatic carbocycles. The Morgan fingerprint density at radius 1 is 0.957 bits per heavy atom. The van der Waals surface area contributed by atoms with Gasteiger partial charge in [0.15, 0.2) is 5.96 Å². The molecule has 3 amide bonds. The zero-order valence-electron chi connectivity index (χ0n) is 26.5. The van der Waals surface area contributed by atoms with Gasteiger partial charge in [-0.05, 0) is 49.0 Å². The highest BCUT2D eigenvalue weighted by Gasteiger charge is 2.39. The van der Waals surface area contributed by atoms with E-state index in [1.54, 1.807) is 12.1 Å². The van der Waals surface area contributed by atoms with Gasteiger partial charge in [0, 0.05) is 18.0 Å². The van der Waals surface area contributed by atoms with E-state index in [0.29, 0.717) is 24.9 Å². The molecule has 1 saturated carbocycles. The van der Waals surface area contributed by atoms with Crippen molar-refractivity contribution >= 4 is 35.5 Å². The Labute approximate surface area is 266 Å². The van der Waals surface area contributed by atoms with Crippen molar-refractivity contribution in [3.8, 4) is 0 Å². The van der Waals surface area contributed by atoms with E-state index in [1.165, 1.54) is 0 Å². The van der Waals surface area contributed by atoms with Gasteiger partial charge in [0.05, 0.1) is 0 Å². The lowest BCUT2D eigenvalue weighted by Crippen LogP contribution is -2.58. The summed E-state index contributed by atoms with van der Waals surface area (Å²) < 4.78 is 31.7. The van der Waals surface area contributed by atoms with Crippen LogP contribution in [-0.2, 0) is 25.6 Å². The Morgan fingerprint density at radius 3 is 1.93 bits per heavy atom. The second-order valence-electron chi connectivity index (χ2n) is 12.3. The fourth-order valence-corrected chi connectivity index (χ4v) is 5.05. The topological polar surface area (TPSA) is 253 Å². The van der Waals surface area contributed by atoms with Gasteiger partial charge in [0.2, 0.25) is 17.7 Å². The van der Waals surface area contributed by atoms with Crippen molar-refractivity contribution in [2.24, 2.45) is 45.2 Å². The smallest absolute Gasteiger partial charge is 0.475 e. The summed E-state index contributed by atoms with van der Waals surface area (Å²) in [6, 6.07) is 5.57. The van der Waals surface area contributed by atoms with Gasteiger partial charge < -0.3 is 38.7 Å². The van der Waals surface area contributed by atoms with Crippen molar-refractivity contribution in [2.75, 3.05) is 6.54 Å². The van der Waals surface area contributed by atoms with E-state index in [2.05, 4.69) is 15.6 Å². The van der Waals surface area contributed by atoms with E-state index < -0.39 is 41.5 Å². The number of carbonyl (C=O) groups is 4. The van der Waals surface area contributed by atoms with Gasteiger partial charge in [-0.2, -0.15) is 13.2 Å². The molecule has 0 radical (unpaired) electrons. The molecule has 0 saturated heterocycles. The molecule has 13 nitrogen and oxygen atoms in total. The maximum Gasteiger partial charge on any atom is 0.490 e. The summed E-state index contributed by atoms with van der Waals surface area (Å²) in [4.78, 5) is 52.1. The van der Waals surface area contributed by atoms with Gasteiger partial charge in [-0.15, -0.1) is 0 Å². The molecule has 2 rings (SSSR count). The van der Waals surface area contributed by atoms with E-state index in [4.69, 9.17) is 38.2 Å². The number of carbonyl (C=O) groups excluding carboxylic acids is 3. The summed E-state index contributed by atoms with van der Waals surface area (Å²) in [5.41, 5.74) is 22.8. The molecule has 0 aromatic heterocycles. The lowest BCUT2D eigenvalue weighted by molar-refractivity contribution is -0.192. The van der Waals surface area contributed by atoms with Gasteiger partial charge in [-0.1, -0.05) is 64.3 Å². The fourth-order valence-electron chi connectivity index (χ4n) is 5.05. The number of carboxylic acid groups (broad SMARTS) is 1. The molecule has 0 unspecified atom stereocenters.